The van der Waals surface area contributed by atoms with Crippen LogP contribution in [0.3, 0.4) is 0 Å². The summed E-state index contributed by atoms with van der Waals surface area (Å²) < 4.78 is 19.7. The number of halogens is 1. The van der Waals surface area contributed by atoms with Gasteiger partial charge in [0.25, 0.3) is 5.56 Å². The lowest BCUT2D eigenvalue weighted by Crippen LogP contribution is -2.17. The molecule has 0 atom stereocenters. The molecule has 0 amide bonds. The molecule has 0 unspecified atom stereocenters. The molecule has 6 heteroatoms. The van der Waals surface area contributed by atoms with Crippen LogP contribution in [0.2, 0.25) is 0 Å². The topological polar surface area (TPSA) is 60.7 Å². The van der Waals surface area contributed by atoms with Crippen LogP contribution in [-0.4, -0.2) is 15.4 Å². The van der Waals surface area contributed by atoms with Crippen molar-refractivity contribution < 1.29 is 13.9 Å². The highest BCUT2D eigenvalue weighted by Gasteiger charge is 2.09. The molecule has 0 saturated heterocycles. The molecule has 0 fully saturated rings. The lowest BCUT2D eigenvalue weighted by atomic mass is 10.1. The van der Waals surface area contributed by atoms with Gasteiger partial charge in [-0.1, -0.05) is 18.2 Å². The number of aryl methyl sites for hydroxylation is 1. The van der Waals surface area contributed by atoms with E-state index < -0.39 is 11.8 Å². The second kappa shape index (κ2) is 6.62. The van der Waals surface area contributed by atoms with Gasteiger partial charge in [0.1, 0.15) is 18.1 Å². The molecule has 24 heavy (non-hydrogen) atoms. The van der Waals surface area contributed by atoms with Crippen LogP contribution in [0.4, 0.5) is 4.39 Å². The fourth-order valence-electron chi connectivity index (χ4n) is 2.40. The molecule has 0 aliphatic heterocycles. The van der Waals surface area contributed by atoms with E-state index in [2.05, 4.69) is 4.98 Å². The van der Waals surface area contributed by atoms with Crippen LogP contribution in [-0.2, 0) is 22.6 Å². The van der Waals surface area contributed by atoms with Gasteiger partial charge in [0.15, 0.2) is 0 Å². The van der Waals surface area contributed by atoms with E-state index in [4.69, 9.17) is 4.74 Å². The van der Waals surface area contributed by atoms with E-state index in [0.717, 1.165) is 5.56 Å². The second-order valence-corrected chi connectivity index (χ2v) is 5.44. The summed E-state index contributed by atoms with van der Waals surface area (Å²) in [4.78, 5) is 28.3. The normalized spacial score (nSPS) is 10.8. The zero-order chi connectivity index (χ0) is 17.1. The van der Waals surface area contributed by atoms with E-state index in [-0.39, 0.29) is 18.6 Å². The Morgan fingerprint density at radius 2 is 2.08 bits per heavy atom. The Hall–Kier alpha value is -3.02. The summed E-state index contributed by atoms with van der Waals surface area (Å²) in [5.41, 5.74) is 2.05. The van der Waals surface area contributed by atoms with E-state index in [1.807, 2.05) is 13.0 Å². The van der Waals surface area contributed by atoms with Crippen molar-refractivity contribution in [1.82, 2.24) is 9.38 Å². The molecule has 0 radical (unpaired) electrons. The number of pyridine rings is 1. The summed E-state index contributed by atoms with van der Waals surface area (Å²) in [6.07, 6.45) is 1.60. The standard InChI is InChI=1S/C18H15FN2O3/c1-12-4-3-7-21-16(22)10-15(20-18(12)21)11-24-17(23)9-13-5-2-6-14(19)8-13/h2-8,10H,9,11H2,1H3. The van der Waals surface area contributed by atoms with Crippen LogP contribution in [0, 0.1) is 12.7 Å². The molecule has 0 bridgehead atoms. The molecule has 0 aliphatic rings. The van der Waals surface area contributed by atoms with E-state index in [0.29, 0.717) is 16.9 Å². The van der Waals surface area contributed by atoms with Crippen LogP contribution < -0.4 is 5.56 Å². The number of carbonyl (C=O) groups excluding carboxylic acids is 1. The monoisotopic (exact) mass is 326 g/mol. The second-order valence-electron chi connectivity index (χ2n) is 5.44. The highest BCUT2D eigenvalue weighted by Crippen LogP contribution is 2.08. The molecule has 0 spiro atoms. The van der Waals surface area contributed by atoms with Gasteiger partial charge in [-0.2, -0.15) is 0 Å². The van der Waals surface area contributed by atoms with Gasteiger partial charge in [0.2, 0.25) is 0 Å². The van der Waals surface area contributed by atoms with E-state index >= 15 is 0 Å². The van der Waals surface area contributed by atoms with Gasteiger partial charge in [-0.3, -0.25) is 14.0 Å². The first-order chi connectivity index (χ1) is 11.5. The predicted molar refractivity (Wildman–Crippen MR) is 86.1 cm³/mol. The molecule has 3 aromatic rings. The maximum absolute atomic E-state index is 13.1. The molecule has 122 valence electrons. The van der Waals surface area contributed by atoms with Crippen molar-refractivity contribution in [3.05, 3.63) is 81.7 Å². The minimum atomic E-state index is -0.507. The number of nitrogens with zero attached hydrogens (tertiary/aromatic N) is 2. The summed E-state index contributed by atoms with van der Waals surface area (Å²) in [5, 5.41) is 0. The smallest absolute Gasteiger partial charge is 0.310 e. The number of hydrogen-bond donors (Lipinski definition) is 0. The van der Waals surface area contributed by atoms with Crippen molar-refractivity contribution in [2.45, 2.75) is 20.0 Å². The largest absolute Gasteiger partial charge is 0.459 e. The van der Waals surface area contributed by atoms with Gasteiger partial charge in [0, 0.05) is 12.3 Å². The van der Waals surface area contributed by atoms with Crippen molar-refractivity contribution in [2.24, 2.45) is 0 Å². The van der Waals surface area contributed by atoms with Crippen molar-refractivity contribution in [3.8, 4) is 0 Å². The summed E-state index contributed by atoms with van der Waals surface area (Å²) >= 11 is 0. The van der Waals surface area contributed by atoms with Gasteiger partial charge in [-0.15, -0.1) is 0 Å². The van der Waals surface area contributed by atoms with Crippen LogP contribution in [0.5, 0.6) is 0 Å². The molecule has 3 rings (SSSR count). The zero-order valence-electron chi connectivity index (χ0n) is 13.0. The van der Waals surface area contributed by atoms with Gasteiger partial charge in [-0.05, 0) is 36.2 Å². The van der Waals surface area contributed by atoms with Crippen LogP contribution >= 0.6 is 0 Å². The minimum Gasteiger partial charge on any atom is -0.459 e. The van der Waals surface area contributed by atoms with Gasteiger partial charge in [-0.25, -0.2) is 9.37 Å². The number of benzene rings is 1. The molecule has 2 heterocycles. The molecule has 0 saturated carbocycles. The molecular formula is C18H15FN2O3. The van der Waals surface area contributed by atoms with Crippen LogP contribution in [0.15, 0.2) is 53.5 Å². The number of carbonyl (C=O) groups is 1. The zero-order valence-corrected chi connectivity index (χ0v) is 13.0. The Labute approximate surface area is 137 Å². The van der Waals surface area contributed by atoms with Crippen molar-refractivity contribution in [3.63, 3.8) is 0 Å². The average Bonchev–Trinajstić information content (AvgIpc) is 2.54. The fourth-order valence-corrected chi connectivity index (χ4v) is 2.40. The number of hydrogen-bond acceptors (Lipinski definition) is 4. The molecule has 2 aromatic heterocycles. The fraction of sp³-hybridized carbons (Fsp3) is 0.167. The SMILES string of the molecule is Cc1cccn2c(=O)cc(COC(=O)Cc3cccc(F)c3)nc12. The lowest BCUT2D eigenvalue weighted by Gasteiger charge is -2.07. The maximum Gasteiger partial charge on any atom is 0.310 e. The molecule has 1 aromatic carbocycles. The minimum absolute atomic E-state index is 0.0383. The number of rotatable bonds is 4. The molecular weight excluding hydrogens is 311 g/mol. The maximum atomic E-state index is 13.1. The van der Waals surface area contributed by atoms with Gasteiger partial charge < -0.3 is 4.74 Å². The Morgan fingerprint density at radius 3 is 2.88 bits per heavy atom. The van der Waals surface area contributed by atoms with Gasteiger partial charge >= 0.3 is 5.97 Å². The molecule has 0 N–H and O–H groups in total. The third-order valence-corrected chi connectivity index (χ3v) is 3.56. The lowest BCUT2D eigenvalue weighted by molar-refractivity contribution is -0.144. The van der Waals surface area contributed by atoms with Gasteiger partial charge in [0.05, 0.1) is 12.1 Å². The third-order valence-electron chi connectivity index (χ3n) is 3.56. The predicted octanol–water partition coefficient (Wildman–Crippen LogP) is 2.43. The Morgan fingerprint density at radius 1 is 1.25 bits per heavy atom. The highest BCUT2D eigenvalue weighted by molar-refractivity contribution is 5.72. The number of aromatic nitrogens is 2. The highest BCUT2D eigenvalue weighted by atomic mass is 19.1. The Bertz CT molecular complexity index is 966. The van der Waals surface area contributed by atoms with Crippen molar-refractivity contribution >= 4 is 11.6 Å². The summed E-state index contributed by atoms with van der Waals surface area (Å²) in [6, 6.07) is 10.7. The molecule has 5 nitrogen and oxygen atoms in total. The average molecular weight is 326 g/mol. The Kier molecular flexibility index (Phi) is 4.37. The first-order valence-electron chi connectivity index (χ1n) is 7.41. The number of ether oxygens (including phenoxy) is 1. The van der Waals surface area contributed by atoms with Crippen molar-refractivity contribution in [2.75, 3.05) is 0 Å². The first-order valence-corrected chi connectivity index (χ1v) is 7.41. The summed E-state index contributed by atoms with van der Waals surface area (Å²) in [5.74, 6) is -0.910. The molecule has 0 aliphatic carbocycles. The van der Waals surface area contributed by atoms with E-state index in [9.17, 15) is 14.0 Å². The summed E-state index contributed by atoms with van der Waals surface area (Å²) in [6.45, 7) is 1.75. The van der Waals surface area contributed by atoms with Crippen LogP contribution in [0.25, 0.3) is 5.65 Å². The number of esters is 1. The number of fused-ring (bicyclic) bond motifs is 1. The Balaban J connectivity index is 1.72. The quantitative estimate of drug-likeness (QED) is 0.691. The van der Waals surface area contributed by atoms with E-state index in [1.165, 1.54) is 28.7 Å². The van der Waals surface area contributed by atoms with Crippen LogP contribution in [0.1, 0.15) is 16.8 Å². The van der Waals surface area contributed by atoms with E-state index in [1.54, 1.807) is 18.3 Å². The van der Waals surface area contributed by atoms with Crippen molar-refractivity contribution in [1.29, 1.82) is 0 Å². The first kappa shape index (κ1) is 15.9. The summed E-state index contributed by atoms with van der Waals surface area (Å²) in [7, 11) is 0. The third kappa shape index (κ3) is 3.48.